The number of benzene rings is 2. The van der Waals surface area contributed by atoms with Gasteiger partial charge in [0.15, 0.2) is 11.6 Å². The molecule has 146 valence electrons. The fourth-order valence-corrected chi connectivity index (χ4v) is 4.04. The van der Waals surface area contributed by atoms with Crippen LogP contribution in [0.15, 0.2) is 53.4 Å². The lowest BCUT2D eigenvalue weighted by Gasteiger charge is -2.32. The van der Waals surface area contributed by atoms with Crippen LogP contribution in [0.25, 0.3) is 0 Å². The van der Waals surface area contributed by atoms with E-state index in [0.717, 1.165) is 23.3 Å². The molecule has 1 fully saturated rings. The number of amides is 2. The van der Waals surface area contributed by atoms with E-state index in [0.29, 0.717) is 24.3 Å². The number of piperidine rings is 1. The molecule has 3 rings (SSSR count). The highest BCUT2D eigenvalue weighted by molar-refractivity contribution is 7.98. The lowest BCUT2D eigenvalue weighted by atomic mass is 9.90. The summed E-state index contributed by atoms with van der Waals surface area (Å²) in [5, 5.41) is 2.86. The van der Waals surface area contributed by atoms with Crippen molar-refractivity contribution in [3.05, 3.63) is 59.7 Å². The molecule has 0 saturated carbocycles. The molecule has 1 aliphatic heterocycles. The molecule has 1 unspecified atom stereocenters. The van der Waals surface area contributed by atoms with E-state index in [4.69, 9.17) is 0 Å². The first-order valence-corrected chi connectivity index (χ1v) is 10.6. The maximum Gasteiger partial charge on any atom is 0.321 e. The second-order valence-corrected chi connectivity index (χ2v) is 7.76. The van der Waals surface area contributed by atoms with Gasteiger partial charge in [-0.1, -0.05) is 18.2 Å². The van der Waals surface area contributed by atoms with E-state index in [-0.39, 0.29) is 23.5 Å². The van der Waals surface area contributed by atoms with Gasteiger partial charge in [0.05, 0.1) is 0 Å². The van der Waals surface area contributed by atoms with Crippen molar-refractivity contribution in [1.29, 1.82) is 0 Å². The molecule has 2 aromatic carbocycles. The smallest absolute Gasteiger partial charge is 0.321 e. The molecule has 2 aromatic rings. The zero-order valence-electron chi connectivity index (χ0n) is 16.1. The topological polar surface area (TPSA) is 66.5 Å². The monoisotopic (exact) mass is 396 g/mol. The van der Waals surface area contributed by atoms with Crippen LogP contribution in [0.5, 0.6) is 0 Å². The summed E-state index contributed by atoms with van der Waals surface area (Å²) in [6, 6.07) is 14.2. The number of hydrogen-bond donors (Lipinski definition) is 1. The summed E-state index contributed by atoms with van der Waals surface area (Å²) in [6.07, 6.45) is 3.55. The third-order valence-electron chi connectivity index (χ3n) is 4.99. The predicted molar refractivity (Wildman–Crippen MR) is 112 cm³/mol. The third kappa shape index (κ3) is 4.62. The normalized spacial score (nSPS) is 16.5. The van der Waals surface area contributed by atoms with E-state index in [1.165, 1.54) is 6.92 Å². The number of nitrogens with one attached hydrogen (secondary N) is 1. The quantitative estimate of drug-likeness (QED) is 0.586. The fourth-order valence-electron chi connectivity index (χ4n) is 3.43. The number of likely N-dealkylation sites (tertiary alicyclic amines) is 1. The number of hydrogen-bond acceptors (Lipinski definition) is 4. The van der Waals surface area contributed by atoms with Crippen LogP contribution in [-0.2, 0) is 0 Å². The van der Waals surface area contributed by atoms with E-state index in [2.05, 4.69) is 5.32 Å². The Labute approximate surface area is 169 Å². The highest BCUT2D eigenvalue weighted by atomic mass is 32.2. The maximum absolute atomic E-state index is 13.0. The molecule has 1 aliphatic rings. The number of Topliss-reactive ketones (excluding diaryl/α,β-unsaturated/α-hetero) is 2. The standard InChI is InChI=1S/C22H24N2O3S/c1-15(25)16-9-11-18(12-10-16)23-22(27)24-13-5-6-17(14-24)21(26)19-7-3-4-8-20(19)28-2/h3-4,7-12,17H,5-6,13-14H2,1-2H3,(H,23,27). The molecule has 6 heteroatoms. The van der Waals surface area contributed by atoms with Crippen LogP contribution in [0.3, 0.4) is 0 Å². The van der Waals surface area contributed by atoms with E-state index < -0.39 is 0 Å². The second kappa shape index (κ2) is 9.06. The average Bonchev–Trinajstić information content (AvgIpc) is 2.73. The molecule has 0 spiro atoms. The Morgan fingerprint density at radius 1 is 1.07 bits per heavy atom. The van der Waals surface area contributed by atoms with Gasteiger partial charge in [0.2, 0.25) is 0 Å². The van der Waals surface area contributed by atoms with Gasteiger partial charge in [-0.3, -0.25) is 9.59 Å². The highest BCUT2D eigenvalue weighted by Gasteiger charge is 2.30. The van der Waals surface area contributed by atoms with E-state index in [9.17, 15) is 14.4 Å². The highest BCUT2D eigenvalue weighted by Crippen LogP contribution is 2.27. The Kier molecular flexibility index (Phi) is 6.52. The van der Waals surface area contributed by atoms with Crippen molar-refractivity contribution in [2.24, 2.45) is 5.92 Å². The summed E-state index contributed by atoms with van der Waals surface area (Å²) in [5.74, 6) is -0.0954. The van der Waals surface area contributed by atoms with Crippen molar-refractivity contribution in [1.82, 2.24) is 4.90 Å². The zero-order chi connectivity index (χ0) is 20.1. The first kappa shape index (κ1) is 20.1. The van der Waals surface area contributed by atoms with Crippen LogP contribution in [0.1, 0.15) is 40.5 Å². The van der Waals surface area contributed by atoms with Crippen LogP contribution >= 0.6 is 11.8 Å². The number of ketones is 2. The van der Waals surface area contributed by atoms with Gasteiger partial charge in [-0.2, -0.15) is 0 Å². The molecule has 5 nitrogen and oxygen atoms in total. The van der Waals surface area contributed by atoms with Gasteiger partial charge in [-0.05, 0) is 56.4 Å². The Hall–Kier alpha value is -2.60. The number of rotatable bonds is 5. The number of carbonyl (C=O) groups excluding carboxylic acids is 3. The Morgan fingerprint density at radius 2 is 1.79 bits per heavy atom. The van der Waals surface area contributed by atoms with Gasteiger partial charge in [0, 0.05) is 40.7 Å². The Morgan fingerprint density at radius 3 is 2.46 bits per heavy atom. The largest absolute Gasteiger partial charge is 0.324 e. The molecule has 1 saturated heterocycles. The molecule has 1 atom stereocenters. The van der Waals surface area contributed by atoms with E-state index in [1.54, 1.807) is 40.9 Å². The van der Waals surface area contributed by atoms with Gasteiger partial charge in [0.1, 0.15) is 0 Å². The zero-order valence-corrected chi connectivity index (χ0v) is 16.9. The summed E-state index contributed by atoms with van der Waals surface area (Å²) in [7, 11) is 0. The molecule has 0 radical (unpaired) electrons. The number of nitrogens with zero attached hydrogens (tertiary/aromatic N) is 1. The van der Waals surface area contributed by atoms with Crippen molar-refractivity contribution >= 4 is 35.0 Å². The predicted octanol–water partition coefficient (Wildman–Crippen LogP) is 4.74. The average molecular weight is 397 g/mol. The van der Waals surface area contributed by atoms with Crippen LogP contribution < -0.4 is 5.32 Å². The number of thioether (sulfide) groups is 1. The maximum atomic E-state index is 13.0. The van der Waals surface area contributed by atoms with Crippen LogP contribution in [-0.4, -0.2) is 41.8 Å². The lowest BCUT2D eigenvalue weighted by molar-refractivity contribution is 0.0848. The fraction of sp³-hybridized carbons (Fsp3) is 0.318. The lowest BCUT2D eigenvalue weighted by Crippen LogP contribution is -2.44. The Bertz CT molecular complexity index is 880. The van der Waals surface area contributed by atoms with Crippen molar-refractivity contribution in [2.45, 2.75) is 24.7 Å². The van der Waals surface area contributed by atoms with Gasteiger partial charge < -0.3 is 10.2 Å². The van der Waals surface area contributed by atoms with Crippen LogP contribution in [0.2, 0.25) is 0 Å². The molecule has 0 bridgehead atoms. The minimum absolute atomic E-state index is 0.0132. The number of carbonyl (C=O) groups is 3. The molecule has 28 heavy (non-hydrogen) atoms. The van der Waals surface area contributed by atoms with Crippen molar-refractivity contribution < 1.29 is 14.4 Å². The molecular formula is C22H24N2O3S. The van der Waals surface area contributed by atoms with E-state index in [1.807, 2.05) is 30.5 Å². The molecule has 1 N–H and O–H groups in total. The molecule has 1 heterocycles. The number of urea groups is 1. The Balaban J connectivity index is 1.66. The summed E-state index contributed by atoms with van der Waals surface area (Å²) < 4.78 is 0. The van der Waals surface area contributed by atoms with Crippen LogP contribution in [0.4, 0.5) is 10.5 Å². The summed E-state index contributed by atoms with van der Waals surface area (Å²) in [5.41, 5.74) is 1.98. The summed E-state index contributed by atoms with van der Waals surface area (Å²) >= 11 is 1.56. The van der Waals surface area contributed by atoms with Gasteiger partial charge in [-0.15, -0.1) is 11.8 Å². The minimum Gasteiger partial charge on any atom is -0.324 e. The minimum atomic E-state index is -0.216. The van der Waals surface area contributed by atoms with Crippen molar-refractivity contribution in [2.75, 3.05) is 24.7 Å². The van der Waals surface area contributed by atoms with Gasteiger partial charge in [-0.25, -0.2) is 4.79 Å². The van der Waals surface area contributed by atoms with Crippen molar-refractivity contribution in [3.8, 4) is 0 Å². The SMILES string of the molecule is CSc1ccccc1C(=O)C1CCCN(C(=O)Nc2ccc(C(C)=O)cc2)C1. The van der Waals surface area contributed by atoms with Gasteiger partial charge >= 0.3 is 6.03 Å². The first-order valence-electron chi connectivity index (χ1n) is 9.33. The summed E-state index contributed by atoms with van der Waals surface area (Å²) in [6.45, 7) is 2.55. The third-order valence-corrected chi connectivity index (χ3v) is 5.79. The molecule has 0 aromatic heterocycles. The molecule has 2 amide bonds. The second-order valence-electron chi connectivity index (χ2n) is 6.91. The molecule has 0 aliphatic carbocycles. The number of anilines is 1. The molecular weight excluding hydrogens is 372 g/mol. The first-order chi connectivity index (χ1) is 13.5. The van der Waals surface area contributed by atoms with E-state index >= 15 is 0 Å². The van der Waals surface area contributed by atoms with Gasteiger partial charge in [0.25, 0.3) is 0 Å². The summed E-state index contributed by atoms with van der Waals surface area (Å²) in [4.78, 5) is 39.7. The van der Waals surface area contributed by atoms with Crippen LogP contribution in [0, 0.1) is 5.92 Å². The van der Waals surface area contributed by atoms with Crippen molar-refractivity contribution in [3.63, 3.8) is 0 Å².